The van der Waals surface area contributed by atoms with Crippen molar-refractivity contribution in [2.75, 3.05) is 39.2 Å². The molecule has 9 heteroatoms. The first-order valence-corrected chi connectivity index (χ1v) is 11.3. The van der Waals surface area contributed by atoms with Crippen molar-refractivity contribution in [3.05, 3.63) is 52.8 Å². The van der Waals surface area contributed by atoms with Gasteiger partial charge in [-0.05, 0) is 49.6 Å². The van der Waals surface area contributed by atoms with Gasteiger partial charge >= 0.3 is 0 Å². The molecule has 2 N–H and O–H groups in total. The fraction of sp³-hybridized carbons (Fsp3) is 0.375. The standard InChI is InChI=1S/C24H27ClN4O4/c1-32-12-9-18(22-27-19-8-5-15(25)13-20(19)28-22)23(30)26-16-6-7-17(21(14-16)33-2)24(31)29-10-3-4-11-29/h5-8,13-14,18H,3-4,9-12H2,1-2H3,(H,26,30)(H,27,28). The number of nitrogens with one attached hydrogen (secondary N) is 2. The van der Waals surface area contributed by atoms with Gasteiger partial charge in [-0.15, -0.1) is 0 Å². The highest BCUT2D eigenvalue weighted by Gasteiger charge is 2.26. The van der Waals surface area contributed by atoms with Crippen molar-refractivity contribution in [3.63, 3.8) is 0 Å². The predicted octanol–water partition coefficient (Wildman–Crippen LogP) is 4.22. The van der Waals surface area contributed by atoms with Gasteiger partial charge in [-0.3, -0.25) is 9.59 Å². The number of halogens is 1. The van der Waals surface area contributed by atoms with Crippen molar-refractivity contribution < 1.29 is 19.1 Å². The minimum atomic E-state index is -0.562. The number of H-pyrrole nitrogens is 1. The number of imidazole rings is 1. The molecule has 174 valence electrons. The van der Waals surface area contributed by atoms with Gasteiger partial charge in [-0.2, -0.15) is 0 Å². The zero-order valence-electron chi connectivity index (χ0n) is 18.7. The molecule has 2 amide bonds. The third kappa shape index (κ3) is 5.12. The molecule has 1 unspecified atom stereocenters. The van der Waals surface area contributed by atoms with Crippen LogP contribution < -0.4 is 10.1 Å². The zero-order chi connectivity index (χ0) is 23.4. The number of hydrogen-bond acceptors (Lipinski definition) is 5. The number of nitrogens with zero attached hydrogens (tertiary/aromatic N) is 2. The van der Waals surface area contributed by atoms with Crippen LogP contribution in [-0.2, 0) is 9.53 Å². The molecule has 0 aliphatic carbocycles. The molecule has 33 heavy (non-hydrogen) atoms. The van der Waals surface area contributed by atoms with E-state index in [1.165, 1.54) is 7.11 Å². The molecule has 0 saturated carbocycles. The molecule has 1 aliphatic rings. The lowest BCUT2D eigenvalue weighted by Crippen LogP contribution is -2.28. The summed E-state index contributed by atoms with van der Waals surface area (Å²) in [4.78, 5) is 35.6. The van der Waals surface area contributed by atoms with Crippen molar-refractivity contribution in [1.29, 1.82) is 0 Å². The molecule has 0 radical (unpaired) electrons. The molecular formula is C24H27ClN4O4. The van der Waals surface area contributed by atoms with E-state index in [-0.39, 0.29) is 11.8 Å². The van der Waals surface area contributed by atoms with E-state index in [4.69, 9.17) is 21.1 Å². The highest BCUT2D eigenvalue weighted by atomic mass is 35.5. The van der Waals surface area contributed by atoms with Gasteiger partial charge in [0, 0.05) is 43.6 Å². The summed E-state index contributed by atoms with van der Waals surface area (Å²) in [6.07, 6.45) is 2.47. The molecule has 1 fully saturated rings. The molecule has 3 aromatic rings. The van der Waals surface area contributed by atoms with Crippen LogP contribution in [-0.4, -0.2) is 60.6 Å². The maximum atomic E-state index is 13.2. The number of carbonyl (C=O) groups excluding carboxylic acids is 2. The second-order valence-electron chi connectivity index (χ2n) is 8.02. The Kier molecular flexibility index (Phi) is 7.15. The summed E-state index contributed by atoms with van der Waals surface area (Å²) in [5.74, 6) is 0.109. The van der Waals surface area contributed by atoms with E-state index in [9.17, 15) is 9.59 Å². The number of carbonyl (C=O) groups is 2. The molecule has 2 heterocycles. The molecule has 0 bridgehead atoms. The largest absolute Gasteiger partial charge is 0.496 e. The Labute approximate surface area is 197 Å². The van der Waals surface area contributed by atoms with Gasteiger partial charge in [0.15, 0.2) is 0 Å². The van der Waals surface area contributed by atoms with Crippen LogP contribution in [0.5, 0.6) is 5.75 Å². The van der Waals surface area contributed by atoms with E-state index < -0.39 is 5.92 Å². The van der Waals surface area contributed by atoms with E-state index >= 15 is 0 Å². The normalized spacial score (nSPS) is 14.5. The van der Waals surface area contributed by atoms with Crippen molar-refractivity contribution in [3.8, 4) is 5.75 Å². The number of rotatable bonds is 8. The SMILES string of the molecule is COCCC(C(=O)Nc1ccc(C(=O)N2CCCC2)c(OC)c1)c1nc2ccc(Cl)cc2[nH]1. The number of aromatic amines is 1. The summed E-state index contributed by atoms with van der Waals surface area (Å²) in [6.45, 7) is 1.90. The van der Waals surface area contributed by atoms with Gasteiger partial charge in [-0.1, -0.05) is 11.6 Å². The van der Waals surface area contributed by atoms with Crippen LogP contribution >= 0.6 is 11.6 Å². The predicted molar refractivity (Wildman–Crippen MR) is 127 cm³/mol. The number of anilines is 1. The first kappa shape index (κ1) is 23.1. The van der Waals surface area contributed by atoms with Crippen LogP contribution in [0.25, 0.3) is 11.0 Å². The Bertz CT molecular complexity index is 1160. The number of likely N-dealkylation sites (tertiary alicyclic amines) is 1. The van der Waals surface area contributed by atoms with Crippen molar-refractivity contribution >= 4 is 40.1 Å². The number of aromatic nitrogens is 2. The number of amides is 2. The van der Waals surface area contributed by atoms with Gasteiger partial charge in [0.05, 0.1) is 29.6 Å². The van der Waals surface area contributed by atoms with Crippen molar-refractivity contribution in [2.24, 2.45) is 0 Å². The van der Waals surface area contributed by atoms with Gasteiger partial charge in [-0.25, -0.2) is 4.98 Å². The smallest absolute Gasteiger partial charge is 0.257 e. The van der Waals surface area contributed by atoms with E-state index in [2.05, 4.69) is 15.3 Å². The Morgan fingerprint density at radius 2 is 1.97 bits per heavy atom. The number of fused-ring (bicyclic) bond motifs is 1. The Morgan fingerprint density at radius 1 is 1.18 bits per heavy atom. The fourth-order valence-electron chi connectivity index (χ4n) is 4.06. The van der Waals surface area contributed by atoms with E-state index in [1.807, 2.05) is 11.0 Å². The molecule has 0 spiro atoms. The summed E-state index contributed by atoms with van der Waals surface area (Å²) in [6, 6.07) is 10.4. The molecule has 1 atom stereocenters. The summed E-state index contributed by atoms with van der Waals surface area (Å²) < 4.78 is 10.7. The summed E-state index contributed by atoms with van der Waals surface area (Å²) in [5, 5.41) is 3.52. The lowest BCUT2D eigenvalue weighted by atomic mass is 10.0. The van der Waals surface area contributed by atoms with Crippen LogP contribution in [0, 0.1) is 0 Å². The van der Waals surface area contributed by atoms with Crippen LogP contribution in [0.4, 0.5) is 5.69 Å². The van der Waals surface area contributed by atoms with Crippen LogP contribution in [0.2, 0.25) is 5.02 Å². The quantitative estimate of drug-likeness (QED) is 0.513. The number of hydrogen-bond donors (Lipinski definition) is 2. The van der Waals surface area contributed by atoms with Gasteiger partial charge in [0.2, 0.25) is 5.91 Å². The lowest BCUT2D eigenvalue weighted by Gasteiger charge is -2.18. The van der Waals surface area contributed by atoms with Crippen LogP contribution in [0.15, 0.2) is 36.4 Å². The maximum Gasteiger partial charge on any atom is 0.257 e. The lowest BCUT2D eigenvalue weighted by molar-refractivity contribution is -0.118. The van der Waals surface area contributed by atoms with Gasteiger partial charge < -0.3 is 24.7 Å². The number of methoxy groups -OCH3 is 2. The summed E-state index contributed by atoms with van der Waals surface area (Å²) in [5.41, 5.74) is 2.52. The molecule has 1 saturated heterocycles. The van der Waals surface area contributed by atoms with E-state index in [0.717, 1.165) is 37.0 Å². The highest BCUT2D eigenvalue weighted by Crippen LogP contribution is 2.28. The number of benzene rings is 2. The monoisotopic (exact) mass is 470 g/mol. The molecule has 1 aliphatic heterocycles. The topological polar surface area (TPSA) is 96.6 Å². The van der Waals surface area contributed by atoms with Crippen LogP contribution in [0.3, 0.4) is 0 Å². The second kappa shape index (κ2) is 10.2. The molecular weight excluding hydrogens is 444 g/mol. The van der Waals surface area contributed by atoms with Crippen molar-refractivity contribution in [2.45, 2.75) is 25.2 Å². The minimum absolute atomic E-state index is 0.0545. The average Bonchev–Trinajstić information content (AvgIpc) is 3.48. The minimum Gasteiger partial charge on any atom is -0.496 e. The molecule has 8 nitrogen and oxygen atoms in total. The molecule has 4 rings (SSSR count). The van der Waals surface area contributed by atoms with Gasteiger partial charge in [0.25, 0.3) is 5.91 Å². The third-order valence-electron chi connectivity index (χ3n) is 5.81. The fourth-order valence-corrected chi connectivity index (χ4v) is 4.23. The van der Waals surface area contributed by atoms with E-state index in [0.29, 0.717) is 40.9 Å². The van der Waals surface area contributed by atoms with E-state index in [1.54, 1.807) is 37.4 Å². The zero-order valence-corrected chi connectivity index (χ0v) is 19.4. The first-order valence-electron chi connectivity index (χ1n) is 10.9. The molecule has 2 aromatic carbocycles. The van der Waals surface area contributed by atoms with Crippen molar-refractivity contribution in [1.82, 2.24) is 14.9 Å². The molecule has 1 aromatic heterocycles. The Hall–Kier alpha value is -3.10. The Morgan fingerprint density at radius 3 is 2.70 bits per heavy atom. The first-order chi connectivity index (χ1) is 16.0. The average molecular weight is 471 g/mol. The highest BCUT2D eigenvalue weighted by molar-refractivity contribution is 6.31. The van der Waals surface area contributed by atoms with Crippen LogP contribution in [0.1, 0.15) is 41.4 Å². The summed E-state index contributed by atoms with van der Waals surface area (Å²) >= 11 is 6.08. The second-order valence-corrected chi connectivity index (χ2v) is 8.46. The summed E-state index contributed by atoms with van der Waals surface area (Å²) in [7, 11) is 3.11. The Balaban J connectivity index is 1.56. The number of ether oxygens (including phenoxy) is 2. The maximum absolute atomic E-state index is 13.2. The van der Waals surface area contributed by atoms with Gasteiger partial charge in [0.1, 0.15) is 11.6 Å². The third-order valence-corrected chi connectivity index (χ3v) is 6.05.